The second-order valence-electron chi connectivity index (χ2n) is 6.04. The summed E-state index contributed by atoms with van der Waals surface area (Å²) in [6, 6.07) is 13.3. The molecule has 4 aromatic rings. The normalized spacial score (nSPS) is 11.6. The molecule has 0 radical (unpaired) electrons. The minimum atomic E-state index is -3.78. The van der Waals surface area contributed by atoms with Gasteiger partial charge in [0.15, 0.2) is 0 Å². The number of hydrogen-bond donors (Lipinski definition) is 2. The quantitative estimate of drug-likeness (QED) is 0.534. The van der Waals surface area contributed by atoms with Gasteiger partial charge in [-0.15, -0.1) is 11.3 Å². The van der Waals surface area contributed by atoms with Crippen molar-refractivity contribution < 1.29 is 13.2 Å². The van der Waals surface area contributed by atoms with Gasteiger partial charge in [-0.25, -0.2) is 18.5 Å². The summed E-state index contributed by atoms with van der Waals surface area (Å²) in [5.74, 6) is 1.10. The Kier molecular flexibility index (Phi) is 4.50. The van der Waals surface area contributed by atoms with Gasteiger partial charge in [-0.2, -0.15) is 0 Å². The molecule has 0 fully saturated rings. The van der Waals surface area contributed by atoms with E-state index in [4.69, 9.17) is 9.88 Å². The van der Waals surface area contributed by atoms with E-state index in [1.54, 1.807) is 19.2 Å². The van der Waals surface area contributed by atoms with Crippen LogP contribution in [0.1, 0.15) is 0 Å². The van der Waals surface area contributed by atoms with Crippen LogP contribution < -0.4 is 15.4 Å². The van der Waals surface area contributed by atoms with Gasteiger partial charge in [0, 0.05) is 16.5 Å². The van der Waals surface area contributed by atoms with E-state index in [2.05, 4.69) is 9.97 Å². The number of hydrogen-bond acceptors (Lipinski definition) is 6. The highest BCUT2D eigenvalue weighted by Crippen LogP contribution is 2.32. The summed E-state index contributed by atoms with van der Waals surface area (Å²) in [5.41, 5.74) is 2.02. The van der Waals surface area contributed by atoms with Gasteiger partial charge < -0.3 is 9.72 Å². The van der Waals surface area contributed by atoms with Gasteiger partial charge in [0.05, 0.1) is 17.4 Å². The molecule has 0 bridgehead atoms. The first-order valence-electron chi connectivity index (χ1n) is 8.16. The molecule has 7 nitrogen and oxygen atoms in total. The fourth-order valence-electron chi connectivity index (χ4n) is 2.87. The lowest BCUT2D eigenvalue weighted by molar-refractivity contribution is 0.415. The van der Waals surface area contributed by atoms with Gasteiger partial charge in [0.25, 0.3) is 5.56 Å². The molecule has 0 unspecified atom stereocenters. The van der Waals surface area contributed by atoms with E-state index in [-0.39, 0.29) is 10.5 Å². The van der Waals surface area contributed by atoms with E-state index < -0.39 is 10.0 Å². The van der Waals surface area contributed by atoms with Crippen molar-refractivity contribution in [3.8, 4) is 28.3 Å². The molecule has 0 aliphatic carbocycles. The Morgan fingerprint density at radius 1 is 1.04 bits per heavy atom. The molecule has 2 aromatic carbocycles. The highest BCUT2D eigenvalue weighted by Gasteiger charge is 2.14. The van der Waals surface area contributed by atoms with Crippen LogP contribution in [-0.2, 0) is 10.0 Å². The number of H-pyrrole nitrogens is 1. The number of nitrogens with two attached hydrogens (primary N) is 1. The summed E-state index contributed by atoms with van der Waals surface area (Å²) in [7, 11) is -2.18. The Morgan fingerprint density at radius 2 is 1.68 bits per heavy atom. The molecule has 142 valence electrons. The summed E-state index contributed by atoms with van der Waals surface area (Å²) in [4.78, 5) is 20.7. The molecule has 9 heteroatoms. The highest BCUT2D eigenvalue weighted by atomic mass is 32.2. The number of nitrogens with zero attached hydrogens (tertiary/aromatic N) is 1. The second kappa shape index (κ2) is 6.86. The second-order valence-corrected chi connectivity index (χ2v) is 8.46. The van der Waals surface area contributed by atoms with Crippen LogP contribution in [0, 0.1) is 0 Å². The maximum absolute atomic E-state index is 12.7. The molecule has 0 spiro atoms. The van der Waals surface area contributed by atoms with E-state index in [0.29, 0.717) is 21.6 Å². The first-order chi connectivity index (χ1) is 13.4. The maximum Gasteiger partial charge on any atom is 0.260 e. The number of primary sulfonamides is 1. The smallest absolute Gasteiger partial charge is 0.260 e. The zero-order valence-corrected chi connectivity index (χ0v) is 16.3. The first kappa shape index (κ1) is 18.4. The van der Waals surface area contributed by atoms with Crippen LogP contribution >= 0.6 is 11.3 Å². The van der Waals surface area contributed by atoms with Crippen molar-refractivity contribution in [2.45, 2.75) is 4.90 Å². The standard InChI is InChI=1S/C19H15N3O4S2/c1-26-13-6-2-11(3-7-13)15-10-27-19-16(15)18(23)21-17(22-19)12-4-8-14(9-5-12)28(20,24)25/h2-10H,1H3,(H2,20,24,25)(H,21,22,23). The number of aromatic nitrogens is 2. The molecule has 0 aliphatic rings. The molecule has 4 rings (SSSR count). The first-order valence-corrected chi connectivity index (χ1v) is 10.6. The molecule has 2 aromatic heterocycles. The number of nitrogens with one attached hydrogen (secondary N) is 1. The molecule has 0 amide bonds. The van der Waals surface area contributed by atoms with Gasteiger partial charge in [0.2, 0.25) is 10.0 Å². The van der Waals surface area contributed by atoms with Crippen LogP contribution in [-0.4, -0.2) is 25.5 Å². The molecule has 0 saturated heterocycles. The summed E-state index contributed by atoms with van der Waals surface area (Å²) in [5, 5.41) is 7.52. The number of thiophene rings is 1. The van der Waals surface area contributed by atoms with E-state index >= 15 is 0 Å². The zero-order valence-electron chi connectivity index (χ0n) is 14.7. The minimum absolute atomic E-state index is 0.00223. The molecular formula is C19H15N3O4S2. The highest BCUT2D eigenvalue weighted by molar-refractivity contribution is 7.89. The van der Waals surface area contributed by atoms with Crippen LogP contribution in [0.5, 0.6) is 5.75 Å². The molecule has 0 saturated carbocycles. The molecule has 0 atom stereocenters. The number of benzene rings is 2. The Balaban J connectivity index is 1.79. The average molecular weight is 413 g/mol. The average Bonchev–Trinajstić information content (AvgIpc) is 3.12. The maximum atomic E-state index is 12.7. The predicted molar refractivity (Wildman–Crippen MR) is 109 cm³/mol. The lowest BCUT2D eigenvalue weighted by atomic mass is 10.1. The molecule has 28 heavy (non-hydrogen) atoms. The number of fused-ring (bicyclic) bond motifs is 1. The Bertz CT molecular complexity index is 1320. The SMILES string of the molecule is COc1ccc(-c2csc3nc(-c4ccc(S(N)(=O)=O)cc4)[nH]c(=O)c23)cc1. The largest absolute Gasteiger partial charge is 0.497 e. The van der Waals surface area contributed by atoms with Gasteiger partial charge in [0.1, 0.15) is 16.4 Å². The van der Waals surface area contributed by atoms with Crippen molar-refractivity contribution in [2.24, 2.45) is 5.14 Å². The summed E-state index contributed by atoms with van der Waals surface area (Å²) in [6.45, 7) is 0. The Morgan fingerprint density at radius 3 is 2.29 bits per heavy atom. The van der Waals surface area contributed by atoms with Gasteiger partial charge in [-0.05, 0) is 42.0 Å². The third-order valence-electron chi connectivity index (χ3n) is 4.30. The Hall–Kier alpha value is -3.01. The summed E-state index contributed by atoms with van der Waals surface area (Å²) < 4.78 is 27.9. The van der Waals surface area contributed by atoms with Crippen molar-refractivity contribution in [2.75, 3.05) is 7.11 Å². The van der Waals surface area contributed by atoms with Gasteiger partial charge in [-0.3, -0.25) is 4.79 Å². The fraction of sp³-hybridized carbons (Fsp3) is 0.0526. The lowest BCUT2D eigenvalue weighted by Crippen LogP contribution is -2.12. The van der Waals surface area contributed by atoms with E-state index in [1.165, 1.54) is 23.5 Å². The van der Waals surface area contributed by atoms with E-state index in [0.717, 1.165) is 16.9 Å². The number of rotatable bonds is 4. The predicted octanol–water partition coefficient (Wildman–Crippen LogP) is 2.97. The van der Waals surface area contributed by atoms with Gasteiger partial charge in [-0.1, -0.05) is 12.1 Å². The molecular weight excluding hydrogens is 398 g/mol. The number of ether oxygens (including phenoxy) is 1. The molecule has 3 N–H and O–H groups in total. The van der Waals surface area contributed by atoms with Crippen LogP contribution in [0.4, 0.5) is 0 Å². The van der Waals surface area contributed by atoms with Crippen molar-refractivity contribution >= 4 is 31.6 Å². The van der Waals surface area contributed by atoms with Crippen LogP contribution in [0.15, 0.2) is 63.6 Å². The van der Waals surface area contributed by atoms with Crippen LogP contribution in [0.25, 0.3) is 32.7 Å². The third kappa shape index (κ3) is 3.31. The van der Waals surface area contributed by atoms with Crippen molar-refractivity contribution in [3.63, 3.8) is 0 Å². The monoisotopic (exact) mass is 413 g/mol. The molecule has 2 heterocycles. The fourth-order valence-corrected chi connectivity index (χ4v) is 4.33. The zero-order chi connectivity index (χ0) is 19.9. The van der Waals surface area contributed by atoms with Gasteiger partial charge >= 0.3 is 0 Å². The minimum Gasteiger partial charge on any atom is -0.497 e. The van der Waals surface area contributed by atoms with Crippen molar-refractivity contribution in [1.82, 2.24) is 9.97 Å². The molecule has 0 aliphatic heterocycles. The summed E-state index contributed by atoms with van der Waals surface area (Å²) >= 11 is 1.37. The number of sulfonamides is 1. The van der Waals surface area contributed by atoms with Crippen LogP contribution in [0.3, 0.4) is 0 Å². The number of methoxy groups -OCH3 is 1. The summed E-state index contributed by atoms with van der Waals surface area (Å²) in [6.07, 6.45) is 0. The van der Waals surface area contributed by atoms with E-state index in [1.807, 2.05) is 29.6 Å². The van der Waals surface area contributed by atoms with Crippen molar-refractivity contribution in [1.29, 1.82) is 0 Å². The lowest BCUT2D eigenvalue weighted by Gasteiger charge is -2.04. The third-order valence-corrected chi connectivity index (χ3v) is 6.10. The topological polar surface area (TPSA) is 115 Å². The van der Waals surface area contributed by atoms with Crippen molar-refractivity contribution in [3.05, 3.63) is 64.3 Å². The van der Waals surface area contributed by atoms with Crippen LogP contribution in [0.2, 0.25) is 0 Å². The Labute approximate surface area is 164 Å². The number of aromatic amines is 1. The van der Waals surface area contributed by atoms with E-state index in [9.17, 15) is 13.2 Å².